The van der Waals surface area contributed by atoms with Crippen LogP contribution in [0.5, 0.6) is 23.0 Å². The number of alkyl halides is 2. The molecule has 0 N–H and O–H groups in total. The van der Waals surface area contributed by atoms with E-state index in [0.717, 1.165) is 0 Å². The Balaban J connectivity index is 1.98. The number of rotatable bonds is 11. The van der Waals surface area contributed by atoms with Crippen LogP contribution in [0.15, 0.2) is 66.7 Å². The fraction of sp³-hybridized carbons (Fsp3) is 0.240. The molecular weight excluding hydrogens is 435 g/mol. The summed E-state index contributed by atoms with van der Waals surface area (Å²) in [6.45, 7) is -0.395. The second-order valence-electron chi connectivity index (χ2n) is 6.98. The first-order valence-electron chi connectivity index (χ1n) is 10.3. The molecule has 0 saturated carbocycles. The van der Waals surface area contributed by atoms with Crippen LogP contribution in [0.25, 0.3) is 0 Å². The van der Waals surface area contributed by atoms with Gasteiger partial charge in [-0.25, -0.2) is 13.2 Å². The largest absolute Gasteiger partial charge is 0.491 e. The average molecular weight is 459 g/mol. The Morgan fingerprint density at radius 1 is 0.848 bits per heavy atom. The summed E-state index contributed by atoms with van der Waals surface area (Å²) in [5, 5.41) is 0. The molecule has 0 spiro atoms. The zero-order valence-corrected chi connectivity index (χ0v) is 18.1. The van der Waals surface area contributed by atoms with Crippen molar-refractivity contribution in [2.24, 2.45) is 0 Å². The molecule has 0 saturated heterocycles. The van der Waals surface area contributed by atoms with Crippen molar-refractivity contribution in [3.63, 3.8) is 0 Å². The summed E-state index contributed by atoms with van der Waals surface area (Å²) in [4.78, 5) is 13.9. The van der Waals surface area contributed by atoms with Crippen molar-refractivity contribution < 1.29 is 32.2 Å². The van der Waals surface area contributed by atoms with E-state index in [2.05, 4.69) is 0 Å². The monoisotopic (exact) mass is 459 g/mol. The van der Waals surface area contributed by atoms with Crippen molar-refractivity contribution in [3.05, 3.63) is 78.1 Å². The van der Waals surface area contributed by atoms with Gasteiger partial charge in [-0.1, -0.05) is 18.2 Å². The summed E-state index contributed by atoms with van der Waals surface area (Å²) in [6, 6.07) is 17.5. The highest BCUT2D eigenvalue weighted by atomic mass is 19.1. The second-order valence-corrected chi connectivity index (χ2v) is 6.98. The van der Waals surface area contributed by atoms with E-state index in [0.29, 0.717) is 22.8 Å². The van der Waals surface area contributed by atoms with Gasteiger partial charge in [-0.15, -0.1) is 0 Å². The average Bonchev–Trinajstić information content (AvgIpc) is 2.82. The van der Waals surface area contributed by atoms with Gasteiger partial charge in [-0.05, 0) is 42.5 Å². The maximum atomic E-state index is 14.2. The van der Waals surface area contributed by atoms with Gasteiger partial charge in [0.05, 0.1) is 12.2 Å². The van der Waals surface area contributed by atoms with E-state index < -0.39 is 19.2 Å². The number of amides is 1. The van der Waals surface area contributed by atoms with E-state index in [-0.39, 0.29) is 37.1 Å². The van der Waals surface area contributed by atoms with Crippen LogP contribution in [0.4, 0.5) is 18.9 Å². The van der Waals surface area contributed by atoms with Gasteiger partial charge in [-0.3, -0.25) is 4.79 Å². The third-order valence-corrected chi connectivity index (χ3v) is 4.60. The number of carbonyl (C=O) groups excluding carboxylic acids is 1. The molecule has 3 aromatic rings. The number of hydrogen-bond donors (Lipinski definition) is 0. The number of halogens is 3. The molecule has 0 unspecified atom stereocenters. The van der Waals surface area contributed by atoms with Gasteiger partial charge in [0.1, 0.15) is 49.6 Å². The molecule has 174 valence electrons. The Labute approximate surface area is 190 Å². The van der Waals surface area contributed by atoms with E-state index in [1.807, 2.05) is 6.07 Å². The van der Waals surface area contributed by atoms with Gasteiger partial charge in [0.2, 0.25) is 5.91 Å². The Morgan fingerprint density at radius 3 is 2.24 bits per heavy atom. The molecule has 3 rings (SSSR count). The van der Waals surface area contributed by atoms with Gasteiger partial charge < -0.3 is 19.1 Å². The number of nitrogens with zero attached hydrogens (tertiary/aromatic N) is 1. The van der Waals surface area contributed by atoms with E-state index >= 15 is 0 Å². The lowest BCUT2D eigenvalue weighted by Gasteiger charge is -2.25. The number of anilines is 1. The quantitative estimate of drug-likeness (QED) is 0.360. The number of carbonyl (C=O) groups is 1. The number of hydrogen-bond acceptors (Lipinski definition) is 4. The molecule has 5 nitrogen and oxygen atoms in total. The smallest absolute Gasteiger partial charge is 0.224 e. The predicted molar refractivity (Wildman–Crippen MR) is 119 cm³/mol. The van der Waals surface area contributed by atoms with Crippen molar-refractivity contribution in [2.45, 2.75) is 13.5 Å². The Hall–Kier alpha value is -3.68. The summed E-state index contributed by atoms with van der Waals surface area (Å²) in [6.07, 6.45) is 0. The molecule has 0 radical (unpaired) electrons. The SMILES string of the molecule is CC(=O)N(Cc1cc(OCCF)ccc1OCCF)c1cc(F)ccc1Oc1ccccc1. The first kappa shape index (κ1) is 24.0. The Bertz CT molecular complexity index is 1060. The van der Waals surface area contributed by atoms with Crippen LogP contribution in [0.1, 0.15) is 12.5 Å². The normalized spacial score (nSPS) is 10.5. The predicted octanol–water partition coefficient (Wildman–Crippen LogP) is 5.87. The zero-order chi connectivity index (χ0) is 23.6. The van der Waals surface area contributed by atoms with Crippen LogP contribution in [0.3, 0.4) is 0 Å². The van der Waals surface area contributed by atoms with Crippen LogP contribution >= 0.6 is 0 Å². The third-order valence-electron chi connectivity index (χ3n) is 4.60. The minimum absolute atomic E-state index is 0.0433. The van der Waals surface area contributed by atoms with Crippen molar-refractivity contribution in [3.8, 4) is 23.0 Å². The lowest BCUT2D eigenvalue weighted by Crippen LogP contribution is -2.28. The third kappa shape index (κ3) is 6.65. The molecule has 33 heavy (non-hydrogen) atoms. The number of benzene rings is 3. The highest BCUT2D eigenvalue weighted by Gasteiger charge is 2.21. The van der Waals surface area contributed by atoms with Gasteiger partial charge in [0, 0.05) is 18.6 Å². The first-order valence-corrected chi connectivity index (χ1v) is 10.3. The molecular formula is C25H24F3NO4. The van der Waals surface area contributed by atoms with Crippen LogP contribution in [-0.2, 0) is 11.3 Å². The van der Waals surface area contributed by atoms with E-state index in [9.17, 15) is 18.0 Å². The summed E-state index contributed by atoms with van der Waals surface area (Å²) >= 11 is 0. The zero-order valence-electron chi connectivity index (χ0n) is 18.1. The summed E-state index contributed by atoms with van der Waals surface area (Å²) in [5.41, 5.74) is 0.683. The van der Waals surface area contributed by atoms with Crippen molar-refractivity contribution in [1.29, 1.82) is 0 Å². The Kier molecular flexibility index (Phi) is 8.57. The van der Waals surface area contributed by atoms with E-state index in [1.54, 1.807) is 42.5 Å². The fourth-order valence-corrected chi connectivity index (χ4v) is 3.15. The molecule has 3 aromatic carbocycles. The van der Waals surface area contributed by atoms with Gasteiger partial charge in [0.15, 0.2) is 5.75 Å². The molecule has 8 heteroatoms. The van der Waals surface area contributed by atoms with Crippen LogP contribution in [0, 0.1) is 5.82 Å². The molecule has 0 fully saturated rings. The lowest BCUT2D eigenvalue weighted by atomic mass is 10.1. The van der Waals surface area contributed by atoms with Crippen molar-refractivity contribution in [1.82, 2.24) is 0 Å². The van der Waals surface area contributed by atoms with Crippen LogP contribution in [0.2, 0.25) is 0 Å². The Morgan fingerprint density at radius 2 is 1.55 bits per heavy atom. The molecule has 0 aliphatic heterocycles. The molecule has 0 bridgehead atoms. The highest BCUT2D eigenvalue weighted by Crippen LogP contribution is 2.36. The summed E-state index contributed by atoms with van der Waals surface area (Å²) in [7, 11) is 0. The molecule has 0 aliphatic carbocycles. The van der Waals surface area contributed by atoms with Crippen LogP contribution < -0.4 is 19.1 Å². The standard InChI is InChI=1S/C25H24F3NO4/c1-18(30)29(17-19-15-22(31-13-11-26)8-10-24(19)32-14-12-27)23-16-20(28)7-9-25(23)33-21-5-3-2-4-6-21/h2-10,15-16H,11-14,17H2,1H3. The highest BCUT2D eigenvalue weighted by molar-refractivity contribution is 5.93. The lowest BCUT2D eigenvalue weighted by molar-refractivity contribution is -0.116. The van der Waals surface area contributed by atoms with Gasteiger partial charge in [-0.2, -0.15) is 0 Å². The fourth-order valence-electron chi connectivity index (χ4n) is 3.15. The minimum Gasteiger partial charge on any atom is -0.491 e. The molecule has 0 heterocycles. The van der Waals surface area contributed by atoms with Gasteiger partial charge in [0.25, 0.3) is 0 Å². The molecule has 0 aromatic heterocycles. The van der Waals surface area contributed by atoms with Crippen LogP contribution in [-0.4, -0.2) is 32.5 Å². The first-order chi connectivity index (χ1) is 16.0. The second kappa shape index (κ2) is 11.8. The molecule has 1 amide bonds. The number of ether oxygens (including phenoxy) is 3. The van der Waals surface area contributed by atoms with Gasteiger partial charge >= 0.3 is 0 Å². The van der Waals surface area contributed by atoms with E-state index in [1.165, 1.54) is 30.0 Å². The topological polar surface area (TPSA) is 48.0 Å². The number of para-hydroxylation sites is 1. The van der Waals surface area contributed by atoms with Crippen molar-refractivity contribution in [2.75, 3.05) is 31.5 Å². The molecule has 0 aliphatic rings. The summed E-state index contributed by atoms with van der Waals surface area (Å²) < 4.78 is 56.1. The van der Waals surface area contributed by atoms with Crippen molar-refractivity contribution >= 4 is 11.6 Å². The maximum absolute atomic E-state index is 14.2. The van der Waals surface area contributed by atoms with E-state index in [4.69, 9.17) is 14.2 Å². The molecule has 0 atom stereocenters. The minimum atomic E-state index is -0.699. The maximum Gasteiger partial charge on any atom is 0.224 e. The summed E-state index contributed by atoms with van der Waals surface area (Å²) in [5.74, 6) is 0.541.